The smallest absolute Gasteiger partial charge is 0.183 e. The van der Waals surface area contributed by atoms with Crippen molar-refractivity contribution in [3.05, 3.63) is 177 Å². The van der Waals surface area contributed by atoms with Gasteiger partial charge in [-0.2, -0.15) is 9.13 Å². The van der Waals surface area contributed by atoms with Crippen LogP contribution in [0.4, 0.5) is 0 Å². The molecule has 4 aromatic carbocycles. The van der Waals surface area contributed by atoms with E-state index >= 15 is 0 Å². The van der Waals surface area contributed by atoms with E-state index < -0.39 is 5.41 Å². The summed E-state index contributed by atoms with van der Waals surface area (Å²) in [5.41, 5.74) is 20.0. The molecule has 2 aromatic heterocycles. The Bertz CT molecular complexity index is 2390. The van der Waals surface area contributed by atoms with E-state index in [1.165, 1.54) is 93.0 Å². The van der Waals surface area contributed by atoms with Gasteiger partial charge in [-0.05, 0) is 83.3 Å². The Kier molecular flexibility index (Phi) is 4.59. The Morgan fingerprint density at radius 2 is 1.17 bits per heavy atom. The molecule has 0 saturated heterocycles. The molecule has 0 amide bonds. The first-order valence-corrected chi connectivity index (χ1v) is 18.1. The van der Waals surface area contributed by atoms with Gasteiger partial charge >= 0.3 is 0 Å². The summed E-state index contributed by atoms with van der Waals surface area (Å²) in [5, 5.41) is 0. The van der Waals surface area contributed by atoms with Gasteiger partial charge in [-0.25, -0.2) is 0 Å². The van der Waals surface area contributed by atoms with Gasteiger partial charge in [0.1, 0.15) is 5.92 Å². The first-order chi connectivity index (χ1) is 23.6. The Morgan fingerprint density at radius 1 is 0.562 bits per heavy atom. The van der Waals surface area contributed by atoms with E-state index in [1.54, 1.807) is 11.1 Å². The summed E-state index contributed by atoms with van der Waals surface area (Å²) in [6.45, 7) is 4.65. The molecule has 48 heavy (non-hydrogen) atoms. The van der Waals surface area contributed by atoms with Gasteiger partial charge in [0.15, 0.2) is 5.41 Å². The summed E-state index contributed by atoms with van der Waals surface area (Å²) in [6, 6.07) is 48.4. The van der Waals surface area contributed by atoms with Crippen molar-refractivity contribution < 1.29 is 9.13 Å². The van der Waals surface area contributed by atoms with Gasteiger partial charge in [0.2, 0.25) is 34.4 Å². The third-order valence-corrected chi connectivity index (χ3v) is 13.9. The molecule has 230 valence electrons. The lowest BCUT2D eigenvalue weighted by atomic mass is 9.54. The van der Waals surface area contributed by atoms with Gasteiger partial charge in [0, 0.05) is 36.1 Å². The molecule has 2 heteroatoms. The lowest BCUT2D eigenvalue weighted by Crippen LogP contribution is -2.60. The van der Waals surface area contributed by atoms with Crippen LogP contribution in [0.3, 0.4) is 0 Å². The van der Waals surface area contributed by atoms with Crippen LogP contribution in [0, 0.1) is 13.8 Å². The third-order valence-electron chi connectivity index (χ3n) is 13.9. The molecule has 6 aliphatic rings. The van der Waals surface area contributed by atoms with Crippen LogP contribution in [0.5, 0.6) is 0 Å². The zero-order valence-electron chi connectivity index (χ0n) is 27.6. The summed E-state index contributed by atoms with van der Waals surface area (Å²) in [4.78, 5) is 0. The second kappa shape index (κ2) is 8.42. The van der Waals surface area contributed by atoms with E-state index in [4.69, 9.17) is 0 Å². The van der Waals surface area contributed by atoms with Crippen molar-refractivity contribution >= 4 is 0 Å². The van der Waals surface area contributed by atoms with Crippen LogP contribution in [0.1, 0.15) is 93.5 Å². The van der Waals surface area contributed by atoms with Crippen molar-refractivity contribution in [1.82, 2.24) is 0 Å². The summed E-state index contributed by atoms with van der Waals surface area (Å²) in [5.74, 6) is 0.414. The molecule has 2 fully saturated rings. The molecule has 3 aliphatic heterocycles. The Morgan fingerprint density at radius 3 is 1.90 bits per heavy atom. The molecular formula is C46H38N2+2. The maximum atomic E-state index is 2.92. The van der Waals surface area contributed by atoms with Crippen LogP contribution in [-0.2, 0) is 22.8 Å². The molecule has 5 heterocycles. The van der Waals surface area contributed by atoms with Gasteiger partial charge in [-0.15, -0.1) is 0 Å². The van der Waals surface area contributed by atoms with Crippen molar-refractivity contribution in [2.24, 2.45) is 0 Å². The van der Waals surface area contributed by atoms with Gasteiger partial charge in [-0.1, -0.05) is 97.8 Å². The quantitative estimate of drug-likeness (QED) is 0.151. The normalized spacial score (nSPS) is 24.5. The minimum atomic E-state index is -0.460. The molecular weight excluding hydrogens is 581 g/mol. The van der Waals surface area contributed by atoms with Crippen molar-refractivity contribution in [1.29, 1.82) is 0 Å². The highest BCUT2D eigenvalue weighted by Gasteiger charge is 2.86. The number of nitrogens with zero attached hydrogens (tertiary/aromatic N) is 2. The van der Waals surface area contributed by atoms with Crippen LogP contribution < -0.4 is 9.13 Å². The standard InChI is InChI=1S/C46H38N2/c1-28-13-9-15-30-27-45-42-31-16-10-14-29(2)41(31)36-21-11-23-38(47(36)43(42)45)46(39-24-12-22-37(40(28)30)48(39)45)34-19-5-3-17-32(34)44(25-7-8-26-44)33-18-4-6-20-35(33)46/h3-6,9-24,42-43H,7-8,25-27H2,1-2H3/q+2. The van der Waals surface area contributed by atoms with Crippen LogP contribution in [0.15, 0.2) is 121 Å². The fraction of sp³-hybridized carbons (Fsp3) is 0.261. The van der Waals surface area contributed by atoms with E-state index in [-0.39, 0.29) is 11.0 Å². The van der Waals surface area contributed by atoms with E-state index in [0.29, 0.717) is 12.0 Å². The lowest BCUT2D eigenvalue weighted by Gasteiger charge is -2.46. The summed E-state index contributed by atoms with van der Waals surface area (Å²) in [6.07, 6.45) is 6.08. The molecule has 3 unspecified atom stereocenters. The Labute approximate surface area is 282 Å². The highest BCUT2D eigenvalue weighted by Crippen LogP contribution is 2.71. The molecule has 3 atom stereocenters. The lowest BCUT2D eigenvalue weighted by molar-refractivity contribution is -0.780. The number of hydrogen-bond acceptors (Lipinski definition) is 0. The molecule has 3 aliphatic carbocycles. The summed E-state index contributed by atoms with van der Waals surface area (Å²) < 4.78 is 5.80. The molecule has 0 bridgehead atoms. The van der Waals surface area contributed by atoms with E-state index in [9.17, 15) is 0 Å². The second-order valence-electron chi connectivity index (χ2n) is 15.7. The Balaban J connectivity index is 1.34. The predicted molar refractivity (Wildman–Crippen MR) is 188 cm³/mol. The zero-order chi connectivity index (χ0) is 31.6. The maximum Gasteiger partial charge on any atom is 0.247 e. The highest BCUT2D eigenvalue weighted by atomic mass is 15.3. The molecule has 2 nitrogen and oxygen atoms in total. The van der Waals surface area contributed by atoms with Crippen LogP contribution >= 0.6 is 0 Å². The maximum absolute atomic E-state index is 2.92. The monoisotopic (exact) mass is 618 g/mol. The van der Waals surface area contributed by atoms with Crippen molar-refractivity contribution in [3.63, 3.8) is 0 Å². The SMILES string of the molecule is Cc1cccc2c1-c1cccc3[n+]1C1(C2)C2c4cccc(C)c4-c4cccc([n+]4C21)C31c2ccccc2C2(CCCC2)c2ccccc21. The van der Waals surface area contributed by atoms with Gasteiger partial charge in [0.25, 0.3) is 0 Å². The molecule has 2 saturated carbocycles. The minimum Gasteiger partial charge on any atom is -0.183 e. The van der Waals surface area contributed by atoms with E-state index in [0.717, 1.165) is 6.42 Å². The first-order valence-electron chi connectivity index (χ1n) is 18.1. The fourth-order valence-electron chi connectivity index (χ4n) is 12.4. The number of benzene rings is 4. The number of aryl methyl sites for hydroxylation is 2. The summed E-state index contributed by atoms with van der Waals surface area (Å²) in [7, 11) is 0. The first kappa shape index (κ1) is 26.2. The fourth-order valence-corrected chi connectivity index (χ4v) is 12.4. The molecule has 6 aromatic rings. The highest BCUT2D eigenvalue weighted by molar-refractivity contribution is 5.75. The largest absolute Gasteiger partial charge is 0.247 e. The average molecular weight is 619 g/mol. The zero-order valence-corrected chi connectivity index (χ0v) is 27.6. The van der Waals surface area contributed by atoms with Crippen LogP contribution in [-0.4, -0.2) is 0 Å². The molecule has 0 radical (unpaired) electrons. The number of aromatic nitrogens is 2. The van der Waals surface area contributed by atoms with Crippen molar-refractivity contribution in [3.8, 4) is 22.5 Å². The molecule has 0 N–H and O–H groups in total. The van der Waals surface area contributed by atoms with Gasteiger partial charge in [-0.3, -0.25) is 0 Å². The van der Waals surface area contributed by atoms with Gasteiger partial charge in [0.05, 0.1) is 11.1 Å². The predicted octanol–water partition coefficient (Wildman–Crippen LogP) is 8.69. The topological polar surface area (TPSA) is 7.76 Å². The minimum absolute atomic E-state index is 0.0687. The number of fused-ring (bicyclic) bond motifs is 13. The number of hydrogen-bond donors (Lipinski definition) is 0. The summed E-state index contributed by atoms with van der Waals surface area (Å²) >= 11 is 0. The van der Waals surface area contributed by atoms with Crippen molar-refractivity contribution in [2.45, 2.75) is 74.3 Å². The number of rotatable bonds is 0. The van der Waals surface area contributed by atoms with Gasteiger partial charge < -0.3 is 0 Å². The van der Waals surface area contributed by atoms with Crippen LogP contribution in [0.2, 0.25) is 0 Å². The third kappa shape index (κ3) is 2.62. The molecule has 12 rings (SSSR count). The van der Waals surface area contributed by atoms with E-state index in [1.807, 2.05) is 0 Å². The second-order valence-corrected chi connectivity index (χ2v) is 15.7. The average Bonchev–Trinajstić information content (AvgIpc) is 3.52. The van der Waals surface area contributed by atoms with Crippen molar-refractivity contribution in [2.75, 3.05) is 0 Å². The molecule has 3 spiro atoms. The van der Waals surface area contributed by atoms with Crippen LogP contribution in [0.25, 0.3) is 22.5 Å². The van der Waals surface area contributed by atoms with E-state index in [2.05, 4.69) is 144 Å². The number of pyridine rings is 2. The Hall–Kier alpha value is -4.82.